The van der Waals surface area contributed by atoms with Crippen molar-refractivity contribution >= 4 is 11.9 Å². The van der Waals surface area contributed by atoms with Crippen molar-refractivity contribution in [3.8, 4) is 11.5 Å². The van der Waals surface area contributed by atoms with Crippen LogP contribution in [0.25, 0.3) is 0 Å². The topological polar surface area (TPSA) is 105 Å². The van der Waals surface area contributed by atoms with E-state index in [1.807, 2.05) is 18.2 Å². The first kappa shape index (κ1) is 14.4. The molecular weight excluding hydrogens is 318 g/mol. The van der Waals surface area contributed by atoms with Gasteiger partial charge >= 0.3 is 6.01 Å². The molecule has 3 heterocycles. The smallest absolute Gasteiger partial charge is 0.322 e. The number of hydrogen-bond donors (Lipinski definition) is 1. The number of carbonyl (C=O) groups excluding carboxylic acids is 1. The lowest BCUT2D eigenvalue weighted by molar-refractivity contribution is -0.117. The Balaban J connectivity index is 1.44. The van der Waals surface area contributed by atoms with Crippen molar-refractivity contribution in [3.05, 3.63) is 42.2 Å². The van der Waals surface area contributed by atoms with E-state index in [9.17, 15) is 4.79 Å². The van der Waals surface area contributed by atoms with Crippen molar-refractivity contribution in [1.29, 1.82) is 0 Å². The number of carbonyl (C=O) groups is 1. The number of nitrogens with zero attached hydrogens (tertiary/aromatic N) is 2. The van der Waals surface area contributed by atoms with Crippen LogP contribution in [0.15, 0.2) is 40.7 Å². The van der Waals surface area contributed by atoms with E-state index in [2.05, 4.69) is 15.5 Å². The van der Waals surface area contributed by atoms with E-state index >= 15 is 0 Å². The lowest BCUT2D eigenvalue weighted by Crippen LogP contribution is -2.22. The highest BCUT2D eigenvalue weighted by atomic mass is 16.6. The van der Waals surface area contributed by atoms with Crippen molar-refractivity contribution in [1.82, 2.24) is 10.2 Å². The van der Waals surface area contributed by atoms with Crippen LogP contribution in [0.2, 0.25) is 0 Å². The number of hydrogen-bond acceptors (Lipinski definition) is 8. The summed E-state index contributed by atoms with van der Waals surface area (Å²) in [7, 11) is 0. The van der Waals surface area contributed by atoms with E-state index in [0.29, 0.717) is 24.7 Å². The first-order chi connectivity index (χ1) is 11.8. The van der Waals surface area contributed by atoms with Crippen LogP contribution in [-0.4, -0.2) is 35.9 Å². The molecule has 1 amide bonds. The van der Waals surface area contributed by atoms with Gasteiger partial charge in [-0.15, -0.1) is 5.10 Å². The van der Waals surface area contributed by atoms with Gasteiger partial charge in [0, 0.05) is 0 Å². The number of aromatic nitrogens is 2. The molecule has 1 aromatic heterocycles. The number of benzene rings is 1. The minimum atomic E-state index is -0.550. The maximum Gasteiger partial charge on any atom is 0.322 e. The van der Waals surface area contributed by atoms with Crippen LogP contribution < -0.4 is 14.8 Å². The molecule has 9 nitrogen and oxygen atoms in total. The standard InChI is InChI=1S/C15H13N3O6/c19-13(11-7-20-5-6-21-11)16-15-18-17-14(24-15)12-8-22-9-3-1-2-4-10(9)23-12/h1-4,7,12H,5-6,8H2,(H,16,18,19). The van der Waals surface area contributed by atoms with Crippen LogP contribution in [0.3, 0.4) is 0 Å². The molecule has 2 aromatic rings. The molecule has 0 fully saturated rings. The van der Waals surface area contributed by atoms with Gasteiger partial charge in [0.15, 0.2) is 11.5 Å². The summed E-state index contributed by atoms with van der Waals surface area (Å²) in [6.45, 7) is 0.942. The normalized spacial score (nSPS) is 18.8. The molecule has 124 valence electrons. The van der Waals surface area contributed by atoms with E-state index in [1.165, 1.54) is 6.26 Å². The summed E-state index contributed by atoms with van der Waals surface area (Å²) in [5.74, 6) is 0.969. The van der Waals surface area contributed by atoms with Gasteiger partial charge in [-0.25, -0.2) is 0 Å². The second-order valence-electron chi connectivity index (χ2n) is 4.97. The quantitative estimate of drug-likeness (QED) is 0.900. The van der Waals surface area contributed by atoms with Gasteiger partial charge in [0.05, 0.1) is 0 Å². The van der Waals surface area contributed by atoms with Gasteiger partial charge in [-0.05, 0) is 12.1 Å². The summed E-state index contributed by atoms with van der Waals surface area (Å²) in [5, 5.41) is 10.1. The predicted molar refractivity (Wildman–Crippen MR) is 78.2 cm³/mol. The molecule has 1 atom stereocenters. The van der Waals surface area contributed by atoms with Gasteiger partial charge in [0.25, 0.3) is 11.8 Å². The van der Waals surface area contributed by atoms with Crippen molar-refractivity contribution in [2.24, 2.45) is 0 Å². The predicted octanol–water partition coefficient (Wildman–Crippen LogP) is 1.41. The van der Waals surface area contributed by atoms with E-state index < -0.39 is 12.0 Å². The molecule has 2 aliphatic heterocycles. The van der Waals surface area contributed by atoms with E-state index in [4.69, 9.17) is 23.4 Å². The fourth-order valence-corrected chi connectivity index (χ4v) is 2.20. The summed E-state index contributed by atoms with van der Waals surface area (Å²) in [6.07, 6.45) is 0.692. The van der Waals surface area contributed by atoms with Crippen LogP contribution in [0.4, 0.5) is 6.01 Å². The van der Waals surface area contributed by atoms with Gasteiger partial charge in [-0.2, -0.15) is 0 Å². The fraction of sp³-hybridized carbons (Fsp3) is 0.267. The zero-order valence-electron chi connectivity index (χ0n) is 12.4. The number of rotatable bonds is 3. The number of ether oxygens (including phenoxy) is 4. The van der Waals surface area contributed by atoms with Crippen LogP contribution >= 0.6 is 0 Å². The molecule has 1 aromatic carbocycles. The molecule has 2 aliphatic rings. The SMILES string of the molecule is O=C(Nc1nnc(C2COc3ccccc3O2)o1)C1=COCCO1. The summed E-state index contributed by atoms with van der Waals surface area (Å²) < 4.78 is 27.0. The Labute approximate surface area is 136 Å². The second kappa shape index (κ2) is 6.11. The number of amides is 1. The van der Waals surface area contributed by atoms with Gasteiger partial charge in [0.2, 0.25) is 11.9 Å². The first-order valence-electron chi connectivity index (χ1n) is 7.27. The molecule has 0 spiro atoms. The lowest BCUT2D eigenvalue weighted by atomic mass is 10.2. The number of fused-ring (bicyclic) bond motifs is 1. The molecule has 1 N–H and O–H groups in total. The Morgan fingerprint density at radius 2 is 2.00 bits per heavy atom. The zero-order chi connectivity index (χ0) is 16.4. The third-order valence-corrected chi connectivity index (χ3v) is 3.32. The molecule has 0 saturated heterocycles. The average Bonchev–Trinajstić information content (AvgIpc) is 3.10. The zero-order valence-corrected chi connectivity index (χ0v) is 12.4. The Bertz CT molecular complexity index is 787. The summed E-state index contributed by atoms with van der Waals surface area (Å²) >= 11 is 0. The Morgan fingerprint density at radius 1 is 1.12 bits per heavy atom. The van der Waals surface area contributed by atoms with Crippen molar-refractivity contribution in [2.75, 3.05) is 25.1 Å². The minimum Gasteiger partial charge on any atom is -0.494 e. The summed E-state index contributed by atoms with van der Waals surface area (Å²) in [4.78, 5) is 11.9. The molecular formula is C15H13N3O6. The maximum atomic E-state index is 11.9. The molecule has 0 radical (unpaired) electrons. The molecule has 0 bridgehead atoms. The molecule has 0 saturated carbocycles. The summed E-state index contributed by atoms with van der Waals surface area (Å²) in [5.41, 5.74) is 0. The maximum absolute atomic E-state index is 11.9. The molecule has 4 rings (SSSR count). The third kappa shape index (κ3) is 2.83. The van der Waals surface area contributed by atoms with Crippen molar-refractivity contribution < 1.29 is 28.2 Å². The van der Waals surface area contributed by atoms with E-state index in [0.717, 1.165) is 0 Å². The first-order valence-corrected chi connectivity index (χ1v) is 7.27. The van der Waals surface area contributed by atoms with Gasteiger partial charge in [0.1, 0.15) is 26.1 Å². The van der Waals surface area contributed by atoms with E-state index in [-0.39, 0.29) is 24.3 Å². The van der Waals surface area contributed by atoms with Crippen LogP contribution in [0.1, 0.15) is 12.0 Å². The lowest BCUT2D eigenvalue weighted by Gasteiger charge is -2.23. The van der Waals surface area contributed by atoms with Crippen LogP contribution in [0.5, 0.6) is 11.5 Å². The van der Waals surface area contributed by atoms with Gasteiger partial charge in [-0.1, -0.05) is 17.2 Å². The largest absolute Gasteiger partial charge is 0.494 e. The number of anilines is 1. The van der Waals surface area contributed by atoms with Crippen LogP contribution in [-0.2, 0) is 14.3 Å². The summed E-state index contributed by atoms with van der Waals surface area (Å²) in [6, 6.07) is 7.23. The van der Waals surface area contributed by atoms with E-state index in [1.54, 1.807) is 6.07 Å². The molecule has 9 heteroatoms. The Kier molecular flexibility index (Phi) is 3.66. The highest BCUT2D eigenvalue weighted by molar-refractivity contribution is 6.00. The minimum absolute atomic E-state index is 0.0483. The average molecular weight is 331 g/mol. The monoisotopic (exact) mass is 331 g/mol. The Hall–Kier alpha value is -3.23. The highest BCUT2D eigenvalue weighted by Crippen LogP contribution is 2.35. The second-order valence-corrected chi connectivity index (χ2v) is 4.97. The molecule has 24 heavy (non-hydrogen) atoms. The van der Waals surface area contributed by atoms with Crippen molar-refractivity contribution in [3.63, 3.8) is 0 Å². The van der Waals surface area contributed by atoms with Crippen molar-refractivity contribution in [2.45, 2.75) is 6.10 Å². The highest BCUT2D eigenvalue weighted by Gasteiger charge is 2.28. The molecule has 1 unspecified atom stereocenters. The van der Waals surface area contributed by atoms with Crippen LogP contribution in [0, 0.1) is 0 Å². The molecule has 0 aliphatic carbocycles. The third-order valence-electron chi connectivity index (χ3n) is 3.32. The Morgan fingerprint density at radius 3 is 2.83 bits per heavy atom. The number of nitrogens with one attached hydrogen (secondary N) is 1. The van der Waals surface area contributed by atoms with Gasteiger partial charge in [-0.3, -0.25) is 10.1 Å². The van der Waals surface area contributed by atoms with Gasteiger partial charge < -0.3 is 23.4 Å². The number of para-hydroxylation sites is 2. The fourth-order valence-electron chi connectivity index (χ4n) is 2.20.